The van der Waals surface area contributed by atoms with Crippen LogP contribution < -0.4 is 4.90 Å². The van der Waals surface area contributed by atoms with Gasteiger partial charge in [-0.1, -0.05) is 48.0 Å². The lowest BCUT2D eigenvalue weighted by atomic mass is 10.1. The highest BCUT2D eigenvalue weighted by molar-refractivity contribution is 6.33. The number of hydrogen-bond acceptors (Lipinski definition) is 1. The Hall–Kier alpha value is -2.26. The number of nitrogens with zero attached hydrogens (tertiary/aromatic N) is 1. The summed E-state index contributed by atoms with van der Waals surface area (Å²) in [6, 6.07) is 12.6. The van der Waals surface area contributed by atoms with Crippen molar-refractivity contribution in [2.45, 2.75) is 0 Å². The second kappa shape index (κ2) is 4.44. The summed E-state index contributed by atoms with van der Waals surface area (Å²) in [4.78, 5) is 12.9. The van der Waals surface area contributed by atoms with E-state index in [0.29, 0.717) is 22.0 Å². The average molecular weight is 272 g/mol. The largest absolute Gasteiger partial charge is 0.464 e. The Kier molecular flexibility index (Phi) is 2.76. The van der Waals surface area contributed by atoms with Crippen molar-refractivity contribution in [3.8, 4) is 0 Å². The van der Waals surface area contributed by atoms with Gasteiger partial charge in [0.15, 0.2) is 0 Å². The minimum atomic E-state index is -1.03. The number of fused-ring (bicyclic) bond motifs is 2. The highest BCUT2D eigenvalue weighted by Gasteiger charge is 2.24. The second-order valence-electron chi connectivity index (χ2n) is 4.18. The first-order valence-corrected chi connectivity index (χ1v) is 6.15. The molecule has 0 saturated heterocycles. The van der Waals surface area contributed by atoms with E-state index in [1.807, 2.05) is 30.4 Å². The zero-order valence-electron chi connectivity index (χ0n) is 9.88. The summed E-state index contributed by atoms with van der Waals surface area (Å²) in [5.74, 6) is 0. The highest BCUT2D eigenvalue weighted by atomic mass is 35.5. The summed E-state index contributed by atoms with van der Waals surface area (Å²) in [7, 11) is 0. The third kappa shape index (κ3) is 1.88. The number of amides is 1. The van der Waals surface area contributed by atoms with Gasteiger partial charge in [-0.2, -0.15) is 0 Å². The summed E-state index contributed by atoms with van der Waals surface area (Å²) in [5, 5.41) is 10.0. The summed E-state index contributed by atoms with van der Waals surface area (Å²) < 4.78 is 0. The molecule has 0 bridgehead atoms. The molecule has 4 heteroatoms. The van der Waals surface area contributed by atoms with Gasteiger partial charge >= 0.3 is 6.09 Å². The van der Waals surface area contributed by atoms with E-state index in [2.05, 4.69) is 0 Å². The minimum Gasteiger partial charge on any atom is -0.464 e. The SMILES string of the molecule is O=C(O)N1c2ccccc2C=Cc2c(Cl)cccc21. The fourth-order valence-electron chi connectivity index (χ4n) is 2.23. The number of rotatable bonds is 0. The highest BCUT2D eigenvalue weighted by Crippen LogP contribution is 2.38. The Balaban J connectivity index is 2.33. The molecule has 0 unspecified atom stereocenters. The van der Waals surface area contributed by atoms with Crippen molar-refractivity contribution in [3.05, 3.63) is 58.6 Å². The lowest BCUT2D eigenvalue weighted by Gasteiger charge is -2.21. The van der Waals surface area contributed by atoms with Gasteiger partial charge in [-0.25, -0.2) is 9.69 Å². The third-order valence-electron chi connectivity index (χ3n) is 3.07. The van der Waals surface area contributed by atoms with E-state index in [4.69, 9.17) is 11.6 Å². The van der Waals surface area contributed by atoms with Crippen molar-refractivity contribution in [1.82, 2.24) is 0 Å². The van der Waals surface area contributed by atoms with Gasteiger partial charge in [-0.3, -0.25) is 0 Å². The quantitative estimate of drug-likeness (QED) is 0.758. The molecule has 0 spiro atoms. The fraction of sp³-hybridized carbons (Fsp3) is 0. The van der Waals surface area contributed by atoms with Gasteiger partial charge in [-0.05, 0) is 23.8 Å². The molecule has 2 aromatic rings. The molecule has 19 heavy (non-hydrogen) atoms. The van der Waals surface area contributed by atoms with E-state index in [0.717, 1.165) is 5.56 Å². The first-order valence-electron chi connectivity index (χ1n) is 5.77. The summed E-state index contributed by atoms with van der Waals surface area (Å²) in [6.45, 7) is 0. The molecular formula is C15H10ClNO2. The average Bonchev–Trinajstić information content (AvgIpc) is 2.56. The van der Waals surface area contributed by atoms with Crippen LogP contribution in [0.3, 0.4) is 0 Å². The zero-order valence-corrected chi connectivity index (χ0v) is 10.6. The Labute approximate surface area is 115 Å². The molecule has 3 rings (SSSR count). The molecule has 1 heterocycles. The molecule has 94 valence electrons. The van der Waals surface area contributed by atoms with Crippen LogP contribution in [0.1, 0.15) is 11.1 Å². The van der Waals surface area contributed by atoms with Gasteiger partial charge in [0.05, 0.1) is 11.4 Å². The Bertz CT molecular complexity index is 694. The maximum absolute atomic E-state index is 11.6. The van der Waals surface area contributed by atoms with Crippen LogP contribution >= 0.6 is 11.6 Å². The van der Waals surface area contributed by atoms with Crippen molar-refractivity contribution < 1.29 is 9.90 Å². The molecule has 1 aliphatic heterocycles. The van der Waals surface area contributed by atoms with Crippen LogP contribution in [-0.2, 0) is 0 Å². The second-order valence-corrected chi connectivity index (χ2v) is 4.59. The third-order valence-corrected chi connectivity index (χ3v) is 3.40. The first kappa shape index (κ1) is 11.8. The molecule has 0 atom stereocenters. The predicted octanol–water partition coefficient (Wildman–Crippen LogP) is 4.64. The molecule has 0 saturated carbocycles. The number of hydrogen-bond donors (Lipinski definition) is 1. The van der Waals surface area contributed by atoms with E-state index in [1.54, 1.807) is 24.3 Å². The number of halogens is 1. The van der Waals surface area contributed by atoms with E-state index in [-0.39, 0.29) is 0 Å². The van der Waals surface area contributed by atoms with Gasteiger partial charge in [0.2, 0.25) is 0 Å². The van der Waals surface area contributed by atoms with Crippen molar-refractivity contribution in [1.29, 1.82) is 0 Å². The molecule has 0 aliphatic carbocycles. The monoisotopic (exact) mass is 271 g/mol. The van der Waals surface area contributed by atoms with Gasteiger partial charge in [0.25, 0.3) is 0 Å². The Morgan fingerprint density at radius 2 is 1.74 bits per heavy atom. The number of carbonyl (C=O) groups is 1. The van der Waals surface area contributed by atoms with Gasteiger partial charge in [0, 0.05) is 10.6 Å². The molecule has 1 amide bonds. The topological polar surface area (TPSA) is 40.5 Å². The molecule has 1 aliphatic rings. The summed E-state index contributed by atoms with van der Waals surface area (Å²) in [5.41, 5.74) is 2.76. The molecule has 2 aromatic carbocycles. The number of benzene rings is 2. The van der Waals surface area contributed by atoms with Crippen LogP contribution in [0, 0.1) is 0 Å². The summed E-state index contributed by atoms with van der Waals surface area (Å²) in [6.07, 6.45) is 2.70. The number of anilines is 2. The van der Waals surface area contributed by atoms with Gasteiger partial charge in [-0.15, -0.1) is 0 Å². The van der Waals surface area contributed by atoms with Crippen molar-refractivity contribution in [2.24, 2.45) is 0 Å². The molecule has 3 nitrogen and oxygen atoms in total. The molecule has 0 radical (unpaired) electrons. The van der Waals surface area contributed by atoms with E-state index in [1.165, 1.54) is 4.90 Å². The minimum absolute atomic E-state index is 0.535. The van der Waals surface area contributed by atoms with Crippen LogP contribution in [0.4, 0.5) is 16.2 Å². The first-order chi connectivity index (χ1) is 9.18. The van der Waals surface area contributed by atoms with Crippen LogP contribution in [0.15, 0.2) is 42.5 Å². The fourth-order valence-corrected chi connectivity index (χ4v) is 2.46. The smallest absolute Gasteiger partial charge is 0.416 e. The normalized spacial score (nSPS) is 12.6. The lowest BCUT2D eigenvalue weighted by Crippen LogP contribution is -2.24. The molecule has 1 N–H and O–H groups in total. The van der Waals surface area contributed by atoms with Crippen LogP contribution in [0.5, 0.6) is 0 Å². The number of para-hydroxylation sites is 1. The van der Waals surface area contributed by atoms with Crippen molar-refractivity contribution in [3.63, 3.8) is 0 Å². The van der Waals surface area contributed by atoms with E-state index in [9.17, 15) is 9.90 Å². The van der Waals surface area contributed by atoms with Crippen LogP contribution in [0.2, 0.25) is 5.02 Å². The maximum Gasteiger partial charge on any atom is 0.416 e. The Morgan fingerprint density at radius 1 is 1.00 bits per heavy atom. The molecule has 0 fully saturated rings. The van der Waals surface area contributed by atoms with Crippen LogP contribution in [0.25, 0.3) is 12.2 Å². The summed E-state index contributed by atoms with van der Waals surface area (Å²) >= 11 is 6.16. The zero-order chi connectivity index (χ0) is 13.4. The van der Waals surface area contributed by atoms with Gasteiger partial charge in [0.1, 0.15) is 0 Å². The van der Waals surface area contributed by atoms with Crippen molar-refractivity contribution >= 4 is 41.2 Å². The lowest BCUT2D eigenvalue weighted by molar-refractivity contribution is 0.205. The number of carboxylic acid groups (broad SMARTS) is 1. The Morgan fingerprint density at radius 3 is 2.53 bits per heavy atom. The van der Waals surface area contributed by atoms with E-state index >= 15 is 0 Å². The van der Waals surface area contributed by atoms with E-state index < -0.39 is 6.09 Å². The predicted molar refractivity (Wildman–Crippen MR) is 77.0 cm³/mol. The van der Waals surface area contributed by atoms with Crippen molar-refractivity contribution in [2.75, 3.05) is 4.90 Å². The molecular weight excluding hydrogens is 262 g/mol. The van der Waals surface area contributed by atoms with Crippen LogP contribution in [-0.4, -0.2) is 11.2 Å². The standard InChI is InChI=1S/C15H10ClNO2/c16-12-5-3-7-14-11(12)9-8-10-4-1-2-6-13(10)17(14)15(18)19/h1-9H,(H,18,19). The molecule has 0 aromatic heterocycles. The maximum atomic E-state index is 11.6. The van der Waals surface area contributed by atoms with Gasteiger partial charge < -0.3 is 5.11 Å².